The van der Waals surface area contributed by atoms with Gasteiger partial charge in [0.15, 0.2) is 5.11 Å². The summed E-state index contributed by atoms with van der Waals surface area (Å²) in [5.41, 5.74) is 1.12. The van der Waals surface area contributed by atoms with E-state index in [4.69, 9.17) is 12.2 Å². The molecular formula is C12H13N5S. The largest absolute Gasteiger partial charge is 0.359 e. The molecule has 2 aromatic rings. The quantitative estimate of drug-likeness (QED) is 0.731. The minimum absolute atomic E-state index is 0.370. The maximum absolute atomic E-state index is 5.22. The van der Waals surface area contributed by atoms with Crippen molar-refractivity contribution in [2.45, 2.75) is 18.4 Å². The summed E-state index contributed by atoms with van der Waals surface area (Å²) in [4.78, 5) is 11.3. The topological polar surface area (TPSA) is 65.6 Å². The lowest BCUT2D eigenvalue weighted by atomic mass is 10.2. The maximum atomic E-state index is 5.22. The van der Waals surface area contributed by atoms with Gasteiger partial charge in [0.2, 0.25) is 5.95 Å². The van der Waals surface area contributed by atoms with Crippen molar-refractivity contribution >= 4 is 23.3 Å². The first-order chi connectivity index (χ1) is 8.83. The van der Waals surface area contributed by atoms with E-state index in [0.29, 0.717) is 23.0 Å². The van der Waals surface area contributed by atoms with Crippen molar-refractivity contribution in [3.8, 4) is 0 Å². The molecule has 0 spiro atoms. The van der Waals surface area contributed by atoms with Crippen LogP contribution in [0.5, 0.6) is 0 Å². The number of H-pyrrole nitrogens is 1. The summed E-state index contributed by atoms with van der Waals surface area (Å²) < 4.78 is 0. The normalized spacial score (nSPS) is 21.3. The Hall–Kier alpha value is -1.95. The van der Waals surface area contributed by atoms with Crippen LogP contribution in [0.25, 0.3) is 0 Å². The number of thiocarbonyl (C=S) groups is 1. The molecule has 1 aliphatic rings. The smallest absolute Gasteiger partial charge is 0.206 e. The standard InChI is InChI=1S/C12H13N5S/c18-12(17-11-14-5-6-15-11)16-10-7-8(10)9-3-1-2-4-13-9/h1-6,8,10H,7H2,(H3,14,15,16,17,18)/t8-,10-/m1/s1. The predicted molar refractivity (Wildman–Crippen MR) is 73.3 cm³/mol. The third-order valence-corrected chi connectivity index (χ3v) is 3.12. The Balaban J connectivity index is 1.52. The summed E-state index contributed by atoms with van der Waals surface area (Å²) in [6.07, 6.45) is 6.32. The van der Waals surface area contributed by atoms with Gasteiger partial charge in [-0.05, 0) is 30.8 Å². The van der Waals surface area contributed by atoms with Crippen LogP contribution in [0, 0.1) is 0 Å². The molecule has 0 radical (unpaired) electrons. The number of rotatable bonds is 3. The van der Waals surface area contributed by atoms with Gasteiger partial charge in [-0.3, -0.25) is 4.98 Å². The summed E-state index contributed by atoms with van der Waals surface area (Å²) >= 11 is 5.22. The average molecular weight is 259 g/mol. The van der Waals surface area contributed by atoms with E-state index in [1.807, 2.05) is 18.3 Å². The fourth-order valence-corrected chi connectivity index (χ4v) is 2.17. The molecular weight excluding hydrogens is 246 g/mol. The van der Waals surface area contributed by atoms with E-state index >= 15 is 0 Å². The molecule has 1 aliphatic carbocycles. The van der Waals surface area contributed by atoms with Gasteiger partial charge in [0.05, 0.1) is 0 Å². The molecule has 3 rings (SSSR count). The van der Waals surface area contributed by atoms with Gasteiger partial charge in [-0.2, -0.15) is 0 Å². The molecule has 0 unspecified atom stereocenters. The Bertz CT molecular complexity index is 525. The molecule has 92 valence electrons. The van der Waals surface area contributed by atoms with E-state index in [9.17, 15) is 0 Å². The van der Waals surface area contributed by atoms with Crippen LogP contribution in [-0.4, -0.2) is 26.1 Å². The Labute approximate surface area is 110 Å². The van der Waals surface area contributed by atoms with E-state index in [2.05, 4.69) is 31.7 Å². The van der Waals surface area contributed by atoms with Crippen molar-refractivity contribution in [1.82, 2.24) is 20.3 Å². The van der Waals surface area contributed by atoms with Crippen molar-refractivity contribution in [2.75, 3.05) is 5.32 Å². The number of aromatic amines is 1. The van der Waals surface area contributed by atoms with Crippen LogP contribution >= 0.6 is 12.2 Å². The van der Waals surface area contributed by atoms with E-state index < -0.39 is 0 Å². The molecule has 2 atom stereocenters. The lowest BCUT2D eigenvalue weighted by Gasteiger charge is -2.07. The predicted octanol–water partition coefficient (Wildman–Crippen LogP) is 1.65. The van der Waals surface area contributed by atoms with Gasteiger partial charge in [0.25, 0.3) is 0 Å². The summed E-state index contributed by atoms with van der Waals surface area (Å²) in [6, 6.07) is 6.36. The summed E-state index contributed by atoms with van der Waals surface area (Å²) in [6.45, 7) is 0. The fourth-order valence-electron chi connectivity index (χ4n) is 1.92. The van der Waals surface area contributed by atoms with Crippen molar-refractivity contribution in [3.63, 3.8) is 0 Å². The van der Waals surface area contributed by atoms with Gasteiger partial charge in [0, 0.05) is 36.2 Å². The zero-order chi connectivity index (χ0) is 12.4. The Morgan fingerprint density at radius 2 is 2.28 bits per heavy atom. The van der Waals surface area contributed by atoms with Crippen LogP contribution in [0.3, 0.4) is 0 Å². The Morgan fingerprint density at radius 3 is 3.00 bits per heavy atom. The molecule has 0 aromatic carbocycles. The molecule has 6 heteroatoms. The van der Waals surface area contributed by atoms with Crippen LogP contribution in [0.1, 0.15) is 18.0 Å². The number of nitrogens with zero attached hydrogens (tertiary/aromatic N) is 2. The van der Waals surface area contributed by atoms with Gasteiger partial charge in [-0.1, -0.05) is 6.07 Å². The Morgan fingerprint density at radius 1 is 1.33 bits per heavy atom. The fraction of sp³-hybridized carbons (Fsp3) is 0.250. The molecule has 0 amide bonds. The molecule has 3 N–H and O–H groups in total. The zero-order valence-electron chi connectivity index (χ0n) is 9.63. The highest BCUT2D eigenvalue weighted by molar-refractivity contribution is 7.80. The van der Waals surface area contributed by atoms with Crippen LogP contribution in [-0.2, 0) is 0 Å². The van der Waals surface area contributed by atoms with E-state index in [1.54, 1.807) is 12.4 Å². The van der Waals surface area contributed by atoms with Crippen LogP contribution in [0.15, 0.2) is 36.8 Å². The van der Waals surface area contributed by atoms with Gasteiger partial charge in [-0.25, -0.2) is 4.98 Å². The number of imidazole rings is 1. The maximum Gasteiger partial charge on any atom is 0.206 e. The molecule has 0 aliphatic heterocycles. The van der Waals surface area contributed by atoms with Crippen molar-refractivity contribution in [3.05, 3.63) is 42.5 Å². The molecule has 1 saturated carbocycles. The SMILES string of the molecule is S=C(Nc1ncc[nH]1)N[C@@H]1C[C@@H]1c1ccccn1. The third-order valence-electron chi connectivity index (χ3n) is 2.90. The number of anilines is 1. The van der Waals surface area contributed by atoms with Crippen molar-refractivity contribution < 1.29 is 0 Å². The second-order valence-electron chi connectivity index (χ2n) is 4.24. The Kier molecular flexibility index (Phi) is 2.93. The van der Waals surface area contributed by atoms with Gasteiger partial charge >= 0.3 is 0 Å². The van der Waals surface area contributed by atoms with Crippen LogP contribution in [0.2, 0.25) is 0 Å². The molecule has 5 nitrogen and oxygen atoms in total. The zero-order valence-corrected chi connectivity index (χ0v) is 10.4. The van der Waals surface area contributed by atoms with E-state index in [0.717, 1.165) is 12.1 Å². The first-order valence-electron chi connectivity index (χ1n) is 5.81. The summed E-state index contributed by atoms with van der Waals surface area (Å²) in [5, 5.41) is 6.85. The molecule has 18 heavy (non-hydrogen) atoms. The third kappa shape index (κ3) is 2.48. The van der Waals surface area contributed by atoms with Crippen molar-refractivity contribution in [2.24, 2.45) is 0 Å². The first-order valence-corrected chi connectivity index (χ1v) is 6.21. The van der Waals surface area contributed by atoms with Gasteiger partial charge in [0.1, 0.15) is 0 Å². The number of pyridine rings is 1. The highest BCUT2D eigenvalue weighted by Crippen LogP contribution is 2.39. The molecule has 0 saturated heterocycles. The van der Waals surface area contributed by atoms with Gasteiger partial charge in [-0.15, -0.1) is 0 Å². The minimum atomic E-state index is 0.370. The van der Waals surface area contributed by atoms with Gasteiger partial charge < -0.3 is 15.6 Å². The molecule has 0 bridgehead atoms. The molecule has 2 heterocycles. The number of hydrogen-bond acceptors (Lipinski definition) is 3. The second kappa shape index (κ2) is 4.73. The highest BCUT2D eigenvalue weighted by atomic mass is 32.1. The average Bonchev–Trinajstić information content (AvgIpc) is 2.95. The monoisotopic (exact) mass is 259 g/mol. The summed E-state index contributed by atoms with van der Waals surface area (Å²) in [7, 11) is 0. The molecule has 1 fully saturated rings. The first kappa shape index (κ1) is 11.2. The second-order valence-corrected chi connectivity index (χ2v) is 4.65. The lowest BCUT2D eigenvalue weighted by molar-refractivity contribution is 0.858. The van der Waals surface area contributed by atoms with Crippen molar-refractivity contribution in [1.29, 1.82) is 0 Å². The highest BCUT2D eigenvalue weighted by Gasteiger charge is 2.39. The van der Waals surface area contributed by atoms with E-state index in [-0.39, 0.29) is 0 Å². The molecule has 2 aromatic heterocycles. The van der Waals surface area contributed by atoms with E-state index in [1.165, 1.54) is 0 Å². The number of hydrogen-bond donors (Lipinski definition) is 3. The van der Waals surface area contributed by atoms with Crippen LogP contribution in [0.4, 0.5) is 5.95 Å². The number of aromatic nitrogens is 3. The summed E-state index contributed by atoms with van der Waals surface area (Å²) in [5.74, 6) is 1.12. The number of nitrogens with one attached hydrogen (secondary N) is 3. The minimum Gasteiger partial charge on any atom is -0.359 e. The lowest BCUT2D eigenvalue weighted by Crippen LogP contribution is -2.31. The van der Waals surface area contributed by atoms with Crippen LogP contribution < -0.4 is 10.6 Å².